The van der Waals surface area contributed by atoms with Gasteiger partial charge in [-0.1, -0.05) is 182 Å². The van der Waals surface area contributed by atoms with E-state index in [-0.39, 0.29) is 6.71 Å². The van der Waals surface area contributed by atoms with Crippen molar-refractivity contribution in [3.05, 3.63) is 182 Å². The summed E-state index contributed by atoms with van der Waals surface area (Å²) < 4.78 is 0. The number of fused-ring (bicyclic) bond motifs is 3. The average Bonchev–Trinajstić information content (AvgIpc) is 3.47. The Balaban J connectivity index is 0.000000947. The van der Waals surface area contributed by atoms with Crippen LogP contribution in [0.1, 0.15) is 58.2 Å². The van der Waals surface area contributed by atoms with Gasteiger partial charge in [-0.25, -0.2) is 0 Å². The van der Waals surface area contributed by atoms with Crippen LogP contribution in [0.2, 0.25) is 0 Å². The Morgan fingerprint density at radius 2 is 1.17 bits per heavy atom. The molecule has 5 aromatic carbocycles. The molecule has 0 bridgehead atoms. The van der Waals surface area contributed by atoms with Crippen molar-refractivity contribution in [1.29, 1.82) is 0 Å². The van der Waals surface area contributed by atoms with E-state index >= 15 is 0 Å². The minimum atomic E-state index is 0.253. The van der Waals surface area contributed by atoms with Gasteiger partial charge in [0.15, 0.2) is 0 Å². The van der Waals surface area contributed by atoms with Crippen LogP contribution in [0.25, 0.3) is 39.0 Å². The van der Waals surface area contributed by atoms with Crippen LogP contribution in [-0.4, -0.2) is 6.71 Å². The fourth-order valence-electron chi connectivity index (χ4n) is 6.42. The molecular formula is C46H47B. The lowest BCUT2D eigenvalue weighted by molar-refractivity contribution is 1.50. The molecule has 0 saturated heterocycles. The lowest BCUT2D eigenvalue weighted by Crippen LogP contribution is -2.48. The average molecular weight is 611 g/mol. The number of rotatable bonds is 7. The molecule has 0 atom stereocenters. The summed E-state index contributed by atoms with van der Waals surface area (Å²) in [5, 5.41) is 0. The smallest absolute Gasteiger partial charge is 0.103 e. The molecule has 0 N–H and O–H groups in total. The first-order valence-electron chi connectivity index (χ1n) is 16.7. The van der Waals surface area contributed by atoms with Crippen LogP contribution in [0.4, 0.5) is 0 Å². The van der Waals surface area contributed by atoms with Crippen molar-refractivity contribution in [3.8, 4) is 22.3 Å². The minimum Gasteiger partial charge on any atom is -0.103 e. The molecule has 1 heterocycles. The highest BCUT2D eigenvalue weighted by molar-refractivity contribution is 6.99. The van der Waals surface area contributed by atoms with Crippen molar-refractivity contribution in [2.45, 2.75) is 41.5 Å². The highest BCUT2D eigenvalue weighted by atomic mass is 14.2. The molecule has 0 radical (unpaired) electrons. The van der Waals surface area contributed by atoms with Gasteiger partial charge in [-0.2, -0.15) is 0 Å². The molecule has 0 fully saturated rings. The summed E-state index contributed by atoms with van der Waals surface area (Å²) in [5.41, 5.74) is 16.4. The van der Waals surface area contributed by atoms with E-state index in [0.29, 0.717) is 0 Å². The molecule has 6 rings (SSSR count). The molecule has 0 amide bonds. The summed E-state index contributed by atoms with van der Waals surface area (Å²) in [6.45, 7) is 20.1. The Kier molecular flexibility index (Phi) is 12.5. The van der Waals surface area contributed by atoms with E-state index in [1.165, 1.54) is 66.5 Å². The van der Waals surface area contributed by atoms with Crippen LogP contribution in [0.3, 0.4) is 0 Å². The van der Waals surface area contributed by atoms with E-state index in [9.17, 15) is 0 Å². The molecule has 5 aromatic rings. The third-order valence-electron chi connectivity index (χ3n) is 8.50. The van der Waals surface area contributed by atoms with Crippen molar-refractivity contribution in [2.24, 2.45) is 0 Å². The molecule has 0 nitrogen and oxygen atoms in total. The second kappa shape index (κ2) is 17.0. The van der Waals surface area contributed by atoms with Crippen LogP contribution < -0.4 is 16.4 Å². The SMILES string of the molecule is C=C/C(=C(\C)c1ccccc1)c1ccc(-c2ccc(B3c4ccccc4-c4ccccc43)cc2)c(C(/C=C\C)=C/C)c1.C=CC.CC. The maximum Gasteiger partial charge on any atom is 0.242 e. The Bertz CT molecular complexity index is 1850. The Labute approximate surface area is 284 Å². The van der Waals surface area contributed by atoms with Crippen LogP contribution in [0, 0.1) is 0 Å². The Morgan fingerprint density at radius 1 is 0.617 bits per heavy atom. The lowest BCUT2D eigenvalue weighted by atomic mass is 9.39. The fourth-order valence-corrected chi connectivity index (χ4v) is 6.42. The van der Waals surface area contributed by atoms with Gasteiger partial charge in [0.1, 0.15) is 0 Å². The Morgan fingerprint density at radius 3 is 1.70 bits per heavy atom. The summed E-state index contributed by atoms with van der Waals surface area (Å²) in [6.07, 6.45) is 10.2. The summed E-state index contributed by atoms with van der Waals surface area (Å²) in [6, 6.07) is 44.3. The van der Waals surface area contributed by atoms with Crippen LogP contribution >= 0.6 is 0 Å². The fraction of sp³-hybridized carbons (Fsp3) is 0.130. The summed E-state index contributed by atoms with van der Waals surface area (Å²) in [4.78, 5) is 0. The number of hydrogen-bond acceptors (Lipinski definition) is 0. The molecule has 1 aliphatic rings. The second-order valence-electron chi connectivity index (χ2n) is 11.3. The number of hydrogen-bond donors (Lipinski definition) is 0. The van der Waals surface area contributed by atoms with Crippen molar-refractivity contribution in [1.82, 2.24) is 0 Å². The van der Waals surface area contributed by atoms with E-state index < -0.39 is 0 Å². The lowest BCUT2D eigenvalue weighted by Gasteiger charge is -2.17. The van der Waals surface area contributed by atoms with E-state index in [0.717, 1.165) is 5.57 Å². The first kappa shape index (κ1) is 34.7. The van der Waals surface area contributed by atoms with Gasteiger partial charge in [-0.05, 0) is 89.4 Å². The predicted molar refractivity (Wildman–Crippen MR) is 213 cm³/mol. The van der Waals surface area contributed by atoms with Crippen molar-refractivity contribution < 1.29 is 0 Å². The Hall–Kier alpha value is -5.14. The summed E-state index contributed by atoms with van der Waals surface area (Å²) >= 11 is 0. The zero-order valence-electron chi connectivity index (χ0n) is 28.9. The first-order chi connectivity index (χ1) is 23.1. The van der Waals surface area contributed by atoms with Gasteiger partial charge >= 0.3 is 0 Å². The van der Waals surface area contributed by atoms with E-state index in [1.807, 2.05) is 26.8 Å². The largest absolute Gasteiger partial charge is 0.242 e. The zero-order chi connectivity index (χ0) is 33.8. The molecule has 47 heavy (non-hydrogen) atoms. The molecule has 0 aliphatic carbocycles. The van der Waals surface area contributed by atoms with Gasteiger partial charge in [0.25, 0.3) is 0 Å². The molecule has 0 unspecified atom stereocenters. The molecule has 1 heteroatoms. The molecule has 234 valence electrons. The van der Waals surface area contributed by atoms with Crippen LogP contribution in [0.15, 0.2) is 165 Å². The monoisotopic (exact) mass is 610 g/mol. The van der Waals surface area contributed by atoms with Gasteiger partial charge < -0.3 is 0 Å². The van der Waals surface area contributed by atoms with Gasteiger partial charge in [0.05, 0.1) is 0 Å². The quantitative estimate of drug-likeness (QED) is 0.0730. The zero-order valence-corrected chi connectivity index (χ0v) is 28.9. The normalized spacial score (nSPS) is 12.1. The van der Waals surface area contributed by atoms with Crippen LogP contribution in [-0.2, 0) is 0 Å². The summed E-state index contributed by atoms with van der Waals surface area (Å²) in [7, 11) is 0. The topological polar surface area (TPSA) is 0 Å². The van der Waals surface area contributed by atoms with E-state index in [1.54, 1.807) is 6.08 Å². The maximum atomic E-state index is 4.19. The van der Waals surface area contributed by atoms with Crippen LogP contribution in [0.5, 0.6) is 0 Å². The van der Waals surface area contributed by atoms with Gasteiger partial charge in [-0.3, -0.25) is 0 Å². The van der Waals surface area contributed by atoms with E-state index in [2.05, 4.69) is 173 Å². The van der Waals surface area contributed by atoms with Gasteiger partial charge in [0, 0.05) is 0 Å². The minimum absolute atomic E-state index is 0.253. The first-order valence-corrected chi connectivity index (χ1v) is 16.7. The maximum absolute atomic E-state index is 4.19. The molecule has 0 aromatic heterocycles. The van der Waals surface area contributed by atoms with Crippen molar-refractivity contribution in [2.75, 3.05) is 0 Å². The number of benzene rings is 5. The van der Waals surface area contributed by atoms with Gasteiger partial charge in [0.2, 0.25) is 6.71 Å². The highest BCUT2D eigenvalue weighted by Gasteiger charge is 2.32. The third-order valence-corrected chi connectivity index (χ3v) is 8.50. The molecular weight excluding hydrogens is 563 g/mol. The standard InChI is InChI=1S/C41H35B.C3H6.C2H6/c1-5-15-30(6-2)39-28-33(35(7-3)29(4)31-16-9-8-10-17-31)24-27-36(39)32-22-25-34(26-23-32)42-40-20-13-11-18-37(40)38-19-12-14-21-41(38)42;1-3-2;1-2/h5-28H,3H2,1-2,4H3;3H,1H2,2H3;1-2H3/b15-5-,30-6+,35-29-;;. The molecule has 1 aliphatic heterocycles. The summed E-state index contributed by atoms with van der Waals surface area (Å²) in [5.74, 6) is 0. The third kappa shape index (κ3) is 7.48. The van der Waals surface area contributed by atoms with Crippen molar-refractivity contribution in [3.63, 3.8) is 0 Å². The number of allylic oxidation sites excluding steroid dienone is 8. The van der Waals surface area contributed by atoms with E-state index in [4.69, 9.17) is 0 Å². The highest BCUT2D eigenvalue weighted by Crippen LogP contribution is 2.35. The van der Waals surface area contributed by atoms with Crippen molar-refractivity contribution >= 4 is 39.8 Å². The second-order valence-corrected chi connectivity index (χ2v) is 11.3. The molecule has 0 spiro atoms. The molecule has 0 saturated carbocycles. The van der Waals surface area contributed by atoms with Gasteiger partial charge in [-0.15, -0.1) is 6.58 Å². The predicted octanol–water partition coefficient (Wildman–Crippen LogP) is 11.2.